The van der Waals surface area contributed by atoms with Gasteiger partial charge in [-0.1, -0.05) is 12.1 Å². The summed E-state index contributed by atoms with van der Waals surface area (Å²) in [7, 11) is -1.90. The van der Waals surface area contributed by atoms with E-state index < -0.39 is 16.1 Å². The number of hydrogen-bond acceptors (Lipinski definition) is 4. The molecular weight excluding hydrogens is 278 g/mol. The molecule has 0 heterocycles. The first kappa shape index (κ1) is 15.4. The van der Waals surface area contributed by atoms with Gasteiger partial charge in [0.25, 0.3) is 0 Å². The van der Waals surface area contributed by atoms with E-state index in [1.54, 1.807) is 26.2 Å². The molecule has 0 amide bonds. The molecule has 0 bridgehead atoms. The van der Waals surface area contributed by atoms with E-state index in [2.05, 4.69) is 4.72 Å². The molecule has 2 rings (SSSR count). The van der Waals surface area contributed by atoms with Crippen LogP contribution in [-0.2, 0) is 14.8 Å². The number of aliphatic hydroxyl groups is 1. The fourth-order valence-electron chi connectivity index (χ4n) is 2.49. The van der Waals surface area contributed by atoms with Crippen LogP contribution in [0.15, 0.2) is 29.2 Å². The van der Waals surface area contributed by atoms with Crippen LogP contribution in [0.3, 0.4) is 0 Å². The number of ether oxygens (including phenoxy) is 1. The van der Waals surface area contributed by atoms with Crippen LogP contribution in [0.2, 0.25) is 0 Å². The summed E-state index contributed by atoms with van der Waals surface area (Å²) >= 11 is 0. The van der Waals surface area contributed by atoms with Crippen molar-refractivity contribution in [1.82, 2.24) is 4.72 Å². The van der Waals surface area contributed by atoms with Crippen LogP contribution in [0, 0.1) is 0 Å². The monoisotopic (exact) mass is 299 g/mol. The SMILES string of the molecule is COC1CCC(NS(=O)(=O)c2cccc(C(C)O)c2)C1. The van der Waals surface area contributed by atoms with E-state index in [1.165, 1.54) is 12.1 Å². The number of aliphatic hydroxyl groups excluding tert-OH is 1. The van der Waals surface area contributed by atoms with Crippen LogP contribution in [0.25, 0.3) is 0 Å². The zero-order valence-electron chi connectivity index (χ0n) is 11.7. The average molecular weight is 299 g/mol. The predicted molar refractivity (Wildman–Crippen MR) is 75.8 cm³/mol. The van der Waals surface area contributed by atoms with Crippen molar-refractivity contribution < 1.29 is 18.3 Å². The van der Waals surface area contributed by atoms with Crippen LogP contribution in [0.5, 0.6) is 0 Å². The number of hydrogen-bond donors (Lipinski definition) is 2. The highest BCUT2D eigenvalue weighted by atomic mass is 32.2. The van der Waals surface area contributed by atoms with Crippen LogP contribution >= 0.6 is 0 Å². The lowest BCUT2D eigenvalue weighted by Gasteiger charge is -2.14. The third-order valence-electron chi connectivity index (χ3n) is 3.69. The predicted octanol–water partition coefficient (Wildman–Crippen LogP) is 1.59. The standard InChI is InChI=1S/C14H21NO4S/c1-10(16)11-4-3-5-14(8-11)20(17,18)15-12-6-7-13(9-12)19-2/h3-5,8,10,12-13,15-16H,6-7,9H2,1-2H3. The Morgan fingerprint density at radius 3 is 2.75 bits per heavy atom. The summed E-state index contributed by atoms with van der Waals surface area (Å²) in [6, 6.07) is 6.32. The van der Waals surface area contributed by atoms with Crippen LogP contribution < -0.4 is 4.72 Å². The Morgan fingerprint density at radius 2 is 2.15 bits per heavy atom. The molecule has 1 aromatic carbocycles. The molecule has 1 fully saturated rings. The van der Waals surface area contributed by atoms with Gasteiger partial charge in [0.2, 0.25) is 10.0 Å². The minimum absolute atomic E-state index is 0.0832. The molecule has 1 aromatic rings. The molecule has 0 spiro atoms. The Labute approximate surface area is 120 Å². The minimum atomic E-state index is -3.55. The summed E-state index contributed by atoms with van der Waals surface area (Å²) in [4.78, 5) is 0.191. The smallest absolute Gasteiger partial charge is 0.240 e. The molecule has 0 radical (unpaired) electrons. The van der Waals surface area contributed by atoms with Gasteiger partial charge < -0.3 is 9.84 Å². The molecule has 3 atom stereocenters. The Morgan fingerprint density at radius 1 is 1.40 bits per heavy atom. The zero-order chi connectivity index (χ0) is 14.8. The van der Waals surface area contributed by atoms with Crippen molar-refractivity contribution in [2.75, 3.05) is 7.11 Å². The van der Waals surface area contributed by atoms with E-state index in [4.69, 9.17) is 4.74 Å². The van der Waals surface area contributed by atoms with Crippen LogP contribution in [-0.4, -0.2) is 32.8 Å². The van der Waals surface area contributed by atoms with Gasteiger partial charge in [0, 0.05) is 13.2 Å². The first-order chi connectivity index (χ1) is 9.42. The summed E-state index contributed by atoms with van der Waals surface area (Å²) in [6.45, 7) is 1.61. The molecule has 0 aromatic heterocycles. The largest absolute Gasteiger partial charge is 0.389 e. The summed E-state index contributed by atoms with van der Waals surface area (Å²) in [6.07, 6.45) is 1.80. The number of rotatable bonds is 5. The second-order valence-electron chi connectivity index (χ2n) is 5.24. The van der Waals surface area contributed by atoms with Gasteiger partial charge in [0.15, 0.2) is 0 Å². The van der Waals surface area contributed by atoms with Gasteiger partial charge in [-0.3, -0.25) is 0 Å². The number of nitrogens with one attached hydrogen (secondary N) is 1. The molecule has 1 aliphatic rings. The van der Waals surface area contributed by atoms with Crippen molar-refractivity contribution in [2.24, 2.45) is 0 Å². The van der Waals surface area contributed by atoms with Gasteiger partial charge in [-0.05, 0) is 43.9 Å². The van der Waals surface area contributed by atoms with Gasteiger partial charge >= 0.3 is 0 Å². The maximum atomic E-state index is 12.3. The summed E-state index contributed by atoms with van der Waals surface area (Å²) in [5.41, 5.74) is 0.592. The van der Waals surface area contributed by atoms with Crippen molar-refractivity contribution in [3.8, 4) is 0 Å². The van der Waals surface area contributed by atoms with Gasteiger partial charge in [-0.25, -0.2) is 13.1 Å². The van der Waals surface area contributed by atoms with Crippen molar-refractivity contribution in [2.45, 2.75) is 49.3 Å². The van der Waals surface area contributed by atoms with Gasteiger partial charge in [0.05, 0.1) is 17.1 Å². The van der Waals surface area contributed by atoms with Gasteiger partial charge in [0.1, 0.15) is 0 Å². The number of sulfonamides is 1. The molecule has 3 unspecified atom stereocenters. The zero-order valence-corrected chi connectivity index (χ0v) is 12.6. The molecule has 20 heavy (non-hydrogen) atoms. The van der Waals surface area contributed by atoms with E-state index in [0.29, 0.717) is 12.0 Å². The third kappa shape index (κ3) is 3.58. The van der Waals surface area contributed by atoms with Crippen molar-refractivity contribution >= 4 is 10.0 Å². The third-order valence-corrected chi connectivity index (χ3v) is 5.21. The molecule has 112 valence electrons. The lowest BCUT2D eigenvalue weighted by molar-refractivity contribution is 0.107. The Bertz CT molecular complexity index is 556. The Kier molecular flexibility index (Phi) is 4.80. The summed E-state index contributed by atoms with van der Waals surface area (Å²) in [5.74, 6) is 0. The Balaban J connectivity index is 2.12. The average Bonchev–Trinajstić information content (AvgIpc) is 2.86. The van der Waals surface area contributed by atoms with E-state index in [0.717, 1.165) is 12.8 Å². The Hall–Kier alpha value is -0.950. The second kappa shape index (κ2) is 6.22. The molecule has 1 saturated carbocycles. The normalized spacial score (nSPS) is 24.8. The van der Waals surface area contributed by atoms with Crippen molar-refractivity contribution in [3.63, 3.8) is 0 Å². The lowest BCUT2D eigenvalue weighted by Crippen LogP contribution is -2.33. The molecule has 0 saturated heterocycles. The summed E-state index contributed by atoms with van der Waals surface area (Å²) in [5, 5.41) is 9.53. The molecule has 1 aliphatic carbocycles. The quantitative estimate of drug-likeness (QED) is 0.865. The van der Waals surface area contributed by atoms with Crippen molar-refractivity contribution in [1.29, 1.82) is 0 Å². The molecular formula is C14H21NO4S. The topological polar surface area (TPSA) is 75.6 Å². The molecule has 2 N–H and O–H groups in total. The van der Waals surface area contributed by atoms with E-state index in [1.807, 2.05) is 0 Å². The summed E-state index contributed by atoms with van der Waals surface area (Å²) < 4.78 is 32.6. The van der Waals surface area contributed by atoms with E-state index >= 15 is 0 Å². The van der Waals surface area contributed by atoms with Crippen molar-refractivity contribution in [3.05, 3.63) is 29.8 Å². The fraction of sp³-hybridized carbons (Fsp3) is 0.571. The number of benzene rings is 1. The highest BCUT2D eigenvalue weighted by Gasteiger charge is 2.28. The maximum Gasteiger partial charge on any atom is 0.240 e. The van der Waals surface area contributed by atoms with E-state index in [9.17, 15) is 13.5 Å². The van der Waals surface area contributed by atoms with Crippen LogP contribution in [0.4, 0.5) is 0 Å². The highest BCUT2D eigenvalue weighted by molar-refractivity contribution is 7.89. The molecule has 6 heteroatoms. The number of methoxy groups -OCH3 is 1. The van der Waals surface area contributed by atoms with Gasteiger partial charge in [-0.15, -0.1) is 0 Å². The van der Waals surface area contributed by atoms with E-state index in [-0.39, 0.29) is 17.0 Å². The van der Waals surface area contributed by atoms with Gasteiger partial charge in [-0.2, -0.15) is 0 Å². The minimum Gasteiger partial charge on any atom is -0.389 e. The molecule has 5 nitrogen and oxygen atoms in total. The fourth-order valence-corrected chi connectivity index (χ4v) is 3.83. The second-order valence-corrected chi connectivity index (χ2v) is 6.95. The maximum absolute atomic E-state index is 12.3. The first-order valence-electron chi connectivity index (χ1n) is 6.75. The highest BCUT2D eigenvalue weighted by Crippen LogP contribution is 2.24. The molecule has 0 aliphatic heterocycles. The van der Waals surface area contributed by atoms with Crippen LogP contribution in [0.1, 0.15) is 37.9 Å². The first-order valence-corrected chi connectivity index (χ1v) is 8.24. The lowest BCUT2D eigenvalue weighted by atomic mass is 10.1.